The van der Waals surface area contributed by atoms with E-state index in [4.69, 9.17) is 4.74 Å². The second kappa shape index (κ2) is 6.34. The average Bonchev–Trinajstić information content (AvgIpc) is 2.46. The van der Waals surface area contributed by atoms with Gasteiger partial charge in [-0.1, -0.05) is 60.7 Å². The van der Waals surface area contributed by atoms with Gasteiger partial charge >= 0.3 is 0 Å². The standard InChI is InChI=1S/C16H18O2/c1-2-18-16(14-11-7-4-8-12-14)15(17)13-9-5-3-6-10-13/h3-12,15-17H,2H2,1H3/t15-,16+/m0/s1. The number of aliphatic hydroxyl groups excluding tert-OH is 1. The van der Waals surface area contributed by atoms with E-state index in [1.807, 2.05) is 67.6 Å². The molecule has 1 N–H and O–H groups in total. The Morgan fingerprint density at radius 1 is 0.889 bits per heavy atom. The lowest BCUT2D eigenvalue weighted by molar-refractivity contribution is -0.0361. The summed E-state index contributed by atoms with van der Waals surface area (Å²) in [6.45, 7) is 2.51. The van der Waals surface area contributed by atoms with Crippen molar-refractivity contribution in [3.63, 3.8) is 0 Å². The molecule has 94 valence electrons. The van der Waals surface area contributed by atoms with Crippen LogP contribution in [0.1, 0.15) is 30.3 Å². The molecule has 2 nitrogen and oxygen atoms in total. The van der Waals surface area contributed by atoms with Gasteiger partial charge in [0.15, 0.2) is 0 Å². The maximum atomic E-state index is 10.4. The summed E-state index contributed by atoms with van der Waals surface area (Å²) < 4.78 is 5.69. The SMILES string of the molecule is CCO[C@H](c1ccccc1)[C@@H](O)c1ccccc1. The van der Waals surface area contributed by atoms with Crippen LogP contribution in [0, 0.1) is 0 Å². The molecule has 2 aromatic rings. The first-order valence-corrected chi connectivity index (χ1v) is 6.22. The lowest BCUT2D eigenvalue weighted by Crippen LogP contribution is -2.14. The normalized spacial score (nSPS) is 14.1. The summed E-state index contributed by atoms with van der Waals surface area (Å²) in [4.78, 5) is 0. The number of hydrogen-bond acceptors (Lipinski definition) is 2. The van der Waals surface area contributed by atoms with Crippen LogP contribution in [0.25, 0.3) is 0 Å². The zero-order valence-electron chi connectivity index (χ0n) is 10.5. The first kappa shape index (κ1) is 12.8. The van der Waals surface area contributed by atoms with Crippen LogP contribution >= 0.6 is 0 Å². The lowest BCUT2D eigenvalue weighted by atomic mass is 9.98. The Kier molecular flexibility index (Phi) is 4.51. The van der Waals surface area contributed by atoms with Gasteiger partial charge in [0.05, 0.1) is 0 Å². The second-order valence-electron chi connectivity index (χ2n) is 4.14. The Labute approximate surface area is 108 Å². The van der Waals surface area contributed by atoms with Gasteiger partial charge in [0.1, 0.15) is 12.2 Å². The van der Waals surface area contributed by atoms with Gasteiger partial charge in [-0.15, -0.1) is 0 Å². The second-order valence-corrected chi connectivity index (χ2v) is 4.14. The summed E-state index contributed by atoms with van der Waals surface area (Å²) >= 11 is 0. The molecule has 0 fully saturated rings. The number of benzene rings is 2. The molecule has 0 amide bonds. The number of aliphatic hydroxyl groups is 1. The van der Waals surface area contributed by atoms with E-state index < -0.39 is 6.10 Å². The van der Waals surface area contributed by atoms with Crippen LogP contribution < -0.4 is 0 Å². The molecular formula is C16H18O2. The van der Waals surface area contributed by atoms with Gasteiger partial charge < -0.3 is 9.84 Å². The van der Waals surface area contributed by atoms with E-state index in [9.17, 15) is 5.11 Å². The minimum absolute atomic E-state index is 0.321. The first-order valence-electron chi connectivity index (χ1n) is 6.22. The summed E-state index contributed by atoms with van der Waals surface area (Å²) in [5, 5.41) is 10.4. The molecule has 2 aromatic carbocycles. The van der Waals surface area contributed by atoms with Gasteiger partial charge in [-0.25, -0.2) is 0 Å². The Bertz CT molecular complexity index is 453. The van der Waals surface area contributed by atoms with Gasteiger partial charge in [-0.05, 0) is 18.1 Å². The van der Waals surface area contributed by atoms with Gasteiger partial charge in [0, 0.05) is 6.61 Å². The van der Waals surface area contributed by atoms with Gasteiger partial charge in [0.25, 0.3) is 0 Å². The molecule has 18 heavy (non-hydrogen) atoms. The van der Waals surface area contributed by atoms with Crippen LogP contribution in [0.5, 0.6) is 0 Å². The quantitative estimate of drug-likeness (QED) is 0.869. The monoisotopic (exact) mass is 242 g/mol. The molecule has 0 aromatic heterocycles. The molecule has 2 atom stereocenters. The van der Waals surface area contributed by atoms with Crippen molar-refractivity contribution in [3.05, 3.63) is 71.8 Å². The van der Waals surface area contributed by atoms with Gasteiger partial charge in [-0.3, -0.25) is 0 Å². The molecule has 0 spiro atoms. The molecule has 0 aliphatic rings. The van der Waals surface area contributed by atoms with Crippen LogP contribution in [-0.2, 0) is 4.74 Å². The molecule has 0 aliphatic heterocycles. The number of hydrogen-bond donors (Lipinski definition) is 1. The van der Waals surface area contributed by atoms with Crippen LogP contribution in [0.2, 0.25) is 0 Å². The molecule has 2 rings (SSSR count). The Hall–Kier alpha value is -1.64. The van der Waals surface area contributed by atoms with E-state index >= 15 is 0 Å². The molecule has 0 aliphatic carbocycles. The predicted octanol–water partition coefficient (Wildman–Crippen LogP) is 3.50. The molecule has 2 heteroatoms. The smallest absolute Gasteiger partial charge is 0.112 e. The van der Waals surface area contributed by atoms with Crippen molar-refractivity contribution in [1.82, 2.24) is 0 Å². The summed E-state index contributed by atoms with van der Waals surface area (Å²) in [6.07, 6.45) is -0.966. The average molecular weight is 242 g/mol. The van der Waals surface area contributed by atoms with E-state index in [2.05, 4.69) is 0 Å². The molecule has 0 heterocycles. The summed E-state index contributed by atoms with van der Waals surface area (Å²) in [5.41, 5.74) is 1.87. The Morgan fingerprint density at radius 3 is 1.89 bits per heavy atom. The Morgan fingerprint density at radius 2 is 1.39 bits per heavy atom. The third-order valence-corrected chi connectivity index (χ3v) is 2.90. The molecule has 0 unspecified atom stereocenters. The van der Waals surface area contributed by atoms with E-state index in [0.29, 0.717) is 6.61 Å². The van der Waals surface area contributed by atoms with Crippen molar-refractivity contribution >= 4 is 0 Å². The fraction of sp³-hybridized carbons (Fsp3) is 0.250. The van der Waals surface area contributed by atoms with Gasteiger partial charge in [-0.2, -0.15) is 0 Å². The topological polar surface area (TPSA) is 29.5 Å². The van der Waals surface area contributed by atoms with Crippen molar-refractivity contribution in [3.8, 4) is 0 Å². The molecule has 0 bridgehead atoms. The minimum atomic E-state index is -0.645. The third-order valence-electron chi connectivity index (χ3n) is 2.90. The largest absolute Gasteiger partial charge is 0.385 e. The van der Waals surface area contributed by atoms with Gasteiger partial charge in [0.2, 0.25) is 0 Å². The van der Waals surface area contributed by atoms with E-state index in [1.54, 1.807) is 0 Å². The highest BCUT2D eigenvalue weighted by molar-refractivity contribution is 5.24. The van der Waals surface area contributed by atoms with Crippen molar-refractivity contribution < 1.29 is 9.84 Å². The zero-order valence-corrected chi connectivity index (χ0v) is 10.5. The highest BCUT2D eigenvalue weighted by Gasteiger charge is 2.22. The minimum Gasteiger partial charge on any atom is -0.385 e. The third kappa shape index (κ3) is 2.97. The maximum absolute atomic E-state index is 10.4. The number of rotatable bonds is 5. The molecule has 0 radical (unpaired) electrons. The van der Waals surface area contributed by atoms with Crippen molar-refractivity contribution in [2.75, 3.05) is 6.61 Å². The van der Waals surface area contributed by atoms with Crippen LogP contribution in [0.3, 0.4) is 0 Å². The Balaban J connectivity index is 2.26. The predicted molar refractivity (Wildman–Crippen MR) is 72.2 cm³/mol. The highest BCUT2D eigenvalue weighted by Crippen LogP contribution is 2.31. The van der Waals surface area contributed by atoms with Crippen LogP contribution in [0.15, 0.2) is 60.7 Å². The molecular weight excluding hydrogens is 224 g/mol. The maximum Gasteiger partial charge on any atom is 0.112 e. The highest BCUT2D eigenvalue weighted by atomic mass is 16.5. The van der Waals surface area contributed by atoms with Crippen molar-refractivity contribution in [1.29, 1.82) is 0 Å². The fourth-order valence-electron chi connectivity index (χ4n) is 2.02. The van der Waals surface area contributed by atoms with Crippen LogP contribution in [-0.4, -0.2) is 11.7 Å². The first-order chi connectivity index (χ1) is 8.83. The summed E-state index contributed by atoms with van der Waals surface area (Å²) in [7, 11) is 0. The van der Waals surface area contributed by atoms with Crippen molar-refractivity contribution in [2.45, 2.75) is 19.1 Å². The van der Waals surface area contributed by atoms with E-state index in [0.717, 1.165) is 11.1 Å². The zero-order chi connectivity index (χ0) is 12.8. The summed E-state index contributed by atoms with van der Waals surface area (Å²) in [6, 6.07) is 19.4. The lowest BCUT2D eigenvalue weighted by Gasteiger charge is -2.23. The van der Waals surface area contributed by atoms with E-state index in [-0.39, 0.29) is 6.10 Å². The van der Waals surface area contributed by atoms with Crippen molar-refractivity contribution in [2.24, 2.45) is 0 Å². The van der Waals surface area contributed by atoms with Crippen LogP contribution in [0.4, 0.5) is 0 Å². The van der Waals surface area contributed by atoms with E-state index in [1.165, 1.54) is 0 Å². The summed E-state index contributed by atoms with van der Waals surface area (Å²) in [5.74, 6) is 0. The molecule has 0 saturated carbocycles. The number of ether oxygens (including phenoxy) is 1. The molecule has 0 saturated heterocycles. The fourth-order valence-corrected chi connectivity index (χ4v) is 2.02.